The molecule has 0 heterocycles. The Bertz CT molecular complexity index is 416. The number of ether oxygens (including phenoxy) is 1. The van der Waals surface area contributed by atoms with E-state index >= 15 is 0 Å². The summed E-state index contributed by atoms with van der Waals surface area (Å²) in [5, 5.41) is 10.9. The molecule has 1 fully saturated rings. The second-order valence-electron chi connectivity index (χ2n) is 4.25. The van der Waals surface area contributed by atoms with Gasteiger partial charge in [-0.3, -0.25) is 10.1 Å². The molecule has 17 heavy (non-hydrogen) atoms. The van der Waals surface area contributed by atoms with Crippen LogP contribution < -0.4 is 4.74 Å². The zero-order valence-corrected chi connectivity index (χ0v) is 11.0. The Morgan fingerprint density at radius 1 is 1.29 bits per heavy atom. The number of benzene rings is 1. The maximum atomic E-state index is 10.9. The van der Waals surface area contributed by atoms with E-state index in [1.54, 1.807) is 12.1 Å². The lowest BCUT2D eigenvalue weighted by Crippen LogP contribution is -2.20. The van der Waals surface area contributed by atoms with Crippen LogP contribution in [0.3, 0.4) is 0 Å². The zero-order chi connectivity index (χ0) is 12.3. The lowest BCUT2D eigenvalue weighted by molar-refractivity contribution is -0.386. The van der Waals surface area contributed by atoms with Crippen LogP contribution in [0.15, 0.2) is 22.7 Å². The summed E-state index contributed by atoms with van der Waals surface area (Å²) in [5.74, 6) is 0.372. The van der Waals surface area contributed by atoms with Crippen LogP contribution in [0, 0.1) is 10.1 Å². The largest absolute Gasteiger partial charge is 0.483 e. The zero-order valence-electron chi connectivity index (χ0n) is 9.39. The number of rotatable bonds is 3. The lowest BCUT2D eigenvalue weighted by Gasteiger charge is -2.22. The predicted octanol–water partition coefficient (Wildman–Crippen LogP) is 4.07. The fraction of sp³-hybridized carbons (Fsp3) is 0.500. The maximum absolute atomic E-state index is 10.9. The summed E-state index contributed by atoms with van der Waals surface area (Å²) < 4.78 is 6.56. The summed E-state index contributed by atoms with van der Waals surface area (Å²) in [5.41, 5.74) is 0.0405. The third-order valence-corrected chi connectivity index (χ3v) is 3.46. The molecule has 92 valence electrons. The van der Waals surface area contributed by atoms with Crippen molar-refractivity contribution in [1.29, 1.82) is 0 Å². The quantitative estimate of drug-likeness (QED) is 0.624. The van der Waals surface area contributed by atoms with Crippen LogP contribution in [0.1, 0.15) is 32.1 Å². The third kappa shape index (κ3) is 3.19. The molecule has 0 aliphatic heterocycles. The molecule has 0 radical (unpaired) electrons. The molecule has 0 aromatic heterocycles. The highest BCUT2D eigenvalue weighted by molar-refractivity contribution is 9.10. The minimum Gasteiger partial charge on any atom is -0.483 e. The molecule has 0 atom stereocenters. The Morgan fingerprint density at radius 2 is 2.00 bits per heavy atom. The van der Waals surface area contributed by atoms with Crippen LogP contribution in [0.25, 0.3) is 0 Å². The Kier molecular flexibility index (Phi) is 3.99. The molecule has 2 rings (SSSR count). The highest BCUT2D eigenvalue weighted by Gasteiger charge is 2.21. The van der Waals surface area contributed by atoms with Crippen molar-refractivity contribution in [3.63, 3.8) is 0 Å². The van der Waals surface area contributed by atoms with Gasteiger partial charge in [-0.15, -0.1) is 0 Å². The number of nitro groups is 1. The SMILES string of the molecule is O=[N+]([O-])c1ccc(Br)cc1OC1CCCCC1. The molecule has 4 nitrogen and oxygen atoms in total. The molecule has 1 aromatic rings. The van der Waals surface area contributed by atoms with Crippen molar-refractivity contribution in [3.8, 4) is 5.75 Å². The topological polar surface area (TPSA) is 52.4 Å². The van der Waals surface area contributed by atoms with Gasteiger partial charge in [-0.25, -0.2) is 0 Å². The van der Waals surface area contributed by atoms with Crippen molar-refractivity contribution in [3.05, 3.63) is 32.8 Å². The Balaban J connectivity index is 2.17. The number of halogens is 1. The number of nitrogens with zero attached hydrogens (tertiary/aromatic N) is 1. The second kappa shape index (κ2) is 5.49. The molecule has 0 amide bonds. The van der Waals surface area contributed by atoms with E-state index in [0.717, 1.165) is 30.2 Å². The van der Waals surface area contributed by atoms with Crippen molar-refractivity contribution in [2.75, 3.05) is 0 Å². The first kappa shape index (κ1) is 12.4. The van der Waals surface area contributed by atoms with E-state index in [4.69, 9.17) is 4.74 Å². The molecule has 1 aliphatic carbocycles. The summed E-state index contributed by atoms with van der Waals surface area (Å²) in [7, 11) is 0. The Hall–Kier alpha value is -1.10. The smallest absolute Gasteiger partial charge is 0.311 e. The van der Waals surface area contributed by atoms with Crippen LogP contribution in [-0.2, 0) is 0 Å². The highest BCUT2D eigenvalue weighted by Crippen LogP contribution is 2.33. The van der Waals surface area contributed by atoms with Gasteiger partial charge >= 0.3 is 5.69 Å². The van der Waals surface area contributed by atoms with E-state index in [1.165, 1.54) is 12.5 Å². The molecule has 0 N–H and O–H groups in total. The fourth-order valence-electron chi connectivity index (χ4n) is 2.10. The molecule has 0 unspecified atom stereocenters. The first-order chi connectivity index (χ1) is 8.16. The third-order valence-electron chi connectivity index (χ3n) is 2.96. The Morgan fingerprint density at radius 3 is 2.65 bits per heavy atom. The van der Waals surface area contributed by atoms with E-state index in [9.17, 15) is 10.1 Å². The van der Waals surface area contributed by atoms with Gasteiger partial charge in [0, 0.05) is 16.6 Å². The summed E-state index contributed by atoms with van der Waals surface area (Å²) in [6, 6.07) is 4.81. The monoisotopic (exact) mass is 299 g/mol. The van der Waals surface area contributed by atoms with Gasteiger partial charge in [0.2, 0.25) is 0 Å². The Labute approximate surface area is 108 Å². The number of nitro benzene ring substituents is 1. The van der Waals surface area contributed by atoms with Gasteiger partial charge in [0.15, 0.2) is 5.75 Å². The van der Waals surface area contributed by atoms with E-state index in [0.29, 0.717) is 5.75 Å². The van der Waals surface area contributed by atoms with Crippen LogP contribution >= 0.6 is 15.9 Å². The van der Waals surface area contributed by atoms with Crippen LogP contribution in [0.5, 0.6) is 5.75 Å². The van der Waals surface area contributed by atoms with E-state index < -0.39 is 4.92 Å². The van der Waals surface area contributed by atoms with E-state index in [1.807, 2.05) is 0 Å². The number of hydrogen-bond donors (Lipinski definition) is 0. The van der Waals surface area contributed by atoms with Gasteiger partial charge in [-0.2, -0.15) is 0 Å². The average Bonchev–Trinajstić information content (AvgIpc) is 2.30. The van der Waals surface area contributed by atoms with E-state index in [2.05, 4.69) is 15.9 Å². The predicted molar refractivity (Wildman–Crippen MR) is 68.3 cm³/mol. The van der Waals surface area contributed by atoms with E-state index in [-0.39, 0.29) is 11.8 Å². The highest BCUT2D eigenvalue weighted by atomic mass is 79.9. The van der Waals surface area contributed by atoms with Gasteiger partial charge in [0.1, 0.15) is 0 Å². The average molecular weight is 300 g/mol. The van der Waals surface area contributed by atoms with Crippen LogP contribution in [0.4, 0.5) is 5.69 Å². The van der Waals surface area contributed by atoms with Crippen molar-refractivity contribution < 1.29 is 9.66 Å². The molecular formula is C12H14BrNO3. The minimum absolute atomic E-state index is 0.0405. The molecule has 1 aromatic carbocycles. The van der Waals surface area contributed by atoms with Gasteiger partial charge in [0.05, 0.1) is 11.0 Å². The lowest BCUT2D eigenvalue weighted by atomic mass is 9.98. The normalized spacial score (nSPS) is 16.8. The van der Waals surface area contributed by atoms with Crippen LogP contribution in [0.2, 0.25) is 0 Å². The minimum atomic E-state index is -0.398. The standard InChI is InChI=1S/C12H14BrNO3/c13-9-6-7-11(14(15)16)12(8-9)17-10-4-2-1-3-5-10/h6-8,10H,1-5H2. The van der Waals surface area contributed by atoms with Crippen molar-refractivity contribution in [1.82, 2.24) is 0 Å². The summed E-state index contributed by atoms with van der Waals surface area (Å²) in [4.78, 5) is 10.5. The summed E-state index contributed by atoms with van der Waals surface area (Å²) in [6.45, 7) is 0. The molecule has 1 saturated carbocycles. The van der Waals surface area contributed by atoms with Crippen molar-refractivity contribution >= 4 is 21.6 Å². The summed E-state index contributed by atoms with van der Waals surface area (Å²) in [6.07, 6.45) is 5.63. The first-order valence-corrected chi connectivity index (χ1v) is 6.57. The summed E-state index contributed by atoms with van der Waals surface area (Å²) >= 11 is 3.31. The van der Waals surface area contributed by atoms with Gasteiger partial charge < -0.3 is 4.74 Å². The molecule has 0 bridgehead atoms. The van der Waals surface area contributed by atoms with Gasteiger partial charge in [0.25, 0.3) is 0 Å². The molecular weight excluding hydrogens is 286 g/mol. The van der Waals surface area contributed by atoms with Gasteiger partial charge in [-0.05, 0) is 31.7 Å². The van der Waals surface area contributed by atoms with Gasteiger partial charge in [-0.1, -0.05) is 22.4 Å². The van der Waals surface area contributed by atoms with Crippen molar-refractivity contribution in [2.45, 2.75) is 38.2 Å². The fourth-order valence-corrected chi connectivity index (χ4v) is 2.44. The number of hydrogen-bond acceptors (Lipinski definition) is 3. The van der Waals surface area contributed by atoms with Crippen molar-refractivity contribution in [2.24, 2.45) is 0 Å². The molecule has 0 spiro atoms. The first-order valence-electron chi connectivity index (χ1n) is 5.77. The van der Waals surface area contributed by atoms with Crippen LogP contribution in [-0.4, -0.2) is 11.0 Å². The maximum Gasteiger partial charge on any atom is 0.311 e. The second-order valence-corrected chi connectivity index (χ2v) is 5.16. The molecule has 1 aliphatic rings. The molecule has 0 saturated heterocycles. The molecule has 5 heteroatoms.